The maximum absolute atomic E-state index is 11.6. The predicted molar refractivity (Wildman–Crippen MR) is 120 cm³/mol. The number of alkyl carbamates (subject to hydrolysis) is 1. The normalized spacial score (nSPS) is 11.3. The Morgan fingerprint density at radius 3 is 2.44 bits per heavy atom. The predicted octanol–water partition coefficient (Wildman–Crippen LogP) is 3.55. The molecule has 0 aromatic heterocycles. The first-order valence-electron chi connectivity index (χ1n) is 8.56. The van der Waals surface area contributed by atoms with Gasteiger partial charge in [0.2, 0.25) is 0 Å². The Bertz CT molecular complexity index is 621. The highest BCUT2D eigenvalue weighted by Gasteiger charge is 2.15. The lowest BCUT2D eigenvalue weighted by molar-refractivity contribution is 0.0529. The van der Waals surface area contributed by atoms with E-state index in [1.807, 2.05) is 33.8 Å². The van der Waals surface area contributed by atoms with E-state index in [0.717, 1.165) is 12.1 Å². The van der Waals surface area contributed by atoms with E-state index < -0.39 is 11.7 Å². The number of carbonyl (C=O) groups excluding carboxylic acids is 1. The zero-order chi connectivity index (χ0) is 19.6. The van der Waals surface area contributed by atoms with E-state index in [0.29, 0.717) is 36.4 Å². The molecule has 0 saturated carbocycles. The van der Waals surface area contributed by atoms with Crippen molar-refractivity contribution in [2.75, 3.05) is 26.7 Å². The van der Waals surface area contributed by atoms with Gasteiger partial charge in [-0.05, 0) is 39.8 Å². The van der Waals surface area contributed by atoms with Crippen LogP contribution in [0.25, 0.3) is 0 Å². The molecule has 0 saturated heterocycles. The number of hydrogen-bond acceptors (Lipinski definition) is 4. The fraction of sp³-hybridized carbons (Fsp3) is 0.556. The number of methoxy groups -OCH3 is 1. The van der Waals surface area contributed by atoms with Gasteiger partial charge in [0.1, 0.15) is 11.4 Å². The van der Waals surface area contributed by atoms with Gasteiger partial charge in [-0.25, -0.2) is 9.79 Å². The first-order valence-corrected chi connectivity index (χ1v) is 8.94. The van der Waals surface area contributed by atoms with Crippen molar-refractivity contribution >= 4 is 47.6 Å². The molecule has 0 heterocycles. The Hall–Kier alpha value is -1.42. The number of ether oxygens (including phenoxy) is 2. The van der Waals surface area contributed by atoms with E-state index >= 15 is 0 Å². The minimum Gasteiger partial charge on any atom is -0.496 e. The summed E-state index contributed by atoms with van der Waals surface area (Å²) in [5.74, 6) is 1.35. The van der Waals surface area contributed by atoms with Crippen molar-refractivity contribution in [2.45, 2.75) is 39.8 Å². The fourth-order valence-corrected chi connectivity index (χ4v) is 2.18. The lowest BCUT2D eigenvalue weighted by Crippen LogP contribution is -2.42. The van der Waals surface area contributed by atoms with Gasteiger partial charge >= 0.3 is 6.09 Å². The number of rotatable bonds is 7. The summed E-state index contributed by atoms with van der Waals surface area (Å²) in [5, 5.41) is 9.63. The van der Waals surface area contributed by atoms with Crippen LogP contribution >= 0.6 is 35.6 Å². The van der Waals surface area contributed by atoms with Crippen LogP contribution in [-0.4, -0.2) is 44.4 Å². The van der Waals surface area contributed by atoms with Gasteiger partial charge in [-0.1, -0.05) is 17.7 Å². The number of benzene rings is 1. The van der Waals surface area contributed by atoms with Crippen LogP contribution in [0.4, 0.5) is 4.79 Å². The molecule has 1 aromatic carbocycles. The topological polar surface area (TPSA) is 84.0 Å². The first-order chi connectivity index (χ1) is 12.2. The highest BCUT2D eigenvalue weighted by atomic mass is 127. The summed E-state index contributed by atoms with van der Waals surface area (Å²) in [6.45, 7) is 9.56. The quantitative estimate of drug-likeness (QED) is 0.225. The lowest BCUT2D eigenvalue weighted by Gasteiger charge is -2.20. The van der Waals surface area contributed by atoms with Crippen LogP contribution in [0.3, 0.4) is 0 Å². The second kappa shape index (κ2) is 12.9. The molecule has 27 heavy (non-hydrogen) atoms. The molecule has 1 amide bonds. The molecule has 0 fully saturated rings. The van der Waals surface area contributed by atoms with E-state index in [1.165, 1.54) is 0 Å². The van der Waals surface area contributed by atoms with Crippen molar-refractivity contribution in [2.24, 2.45) is 4.99 Å². The SMILES string of the molecule is CCNC(=NCc1ccc(Cl)cc1OC)NCCNC(=O)OC(C)(C)C.I. The number of guanidine groups is 1. The van der Waals surface area contributed by atoms with Gasteiger partial charge in [0.15, 0.2) is 5.96 Å². The molecule has 0 unspecified atom stereocenters. The fourth-order valence-electron chi connectivity index (χ4n) is 2.01. The maximum atomic E-state index is 11.6. The summed E-state index contributed by atoms with van der Waals surface area (Å²) in [6.07, 6.45) is -0.438. The van der Waals surface area contributed by atoms with E-state index in [9.17, 15) is 4.79 Å². The number of amides is 1. The van der Waals surface area contributed by atoms with Gasteiger partial charge in [0.25, 0.3) is 0 Å². The van der Waals surface area contributed by atoms with Crippen LogP contribution in [0.1, 0.15) is 33.3 Å². The first kappa shape index (κ1) is 25.6. The Morgan fingerprint density at radius 2 is 1.85 bits per heavy atom. The number of halogens is 2. The summed E-state index contributed by atoms with van der Waals surface area (Å²) in [5.41, 5.74) is 0.423. The van der Waals surface area contributed by atoms with Gasteiger partial charge in [0, 0.05) is 30.2 Å². The monoisotopic (exact) mass is 512 g/mol. The van der Waals surface area contributed by atoms with Crippen LogP contribution in [-0.2, 0) is 11.3 Å². The van der Waals surface area contributed by atoms with Gasteiger partial charge in [-0.2, -0.15) is 0 Å². The highest BCUT2D eigenvalue weighted by Crippen LogP contribution is 2.23. The van der Waals surface area contributed by atoms with Gasteiger partial charge in [0.05, 0.1) is 13.7 Å². The summed E-state index contributed by atoms with van der Waals surface area (Å²) >= 11 is 5.97. The third-order valence-corrected chi connectivity index (χ3v) is 3.32. The summed E-state index contributed by atoms with van der Waals surface area (Å²) in [6, 6.07) is 5.45. The Morgan fingerprint density at radius 1 is 1.19 bits per heavy atom. The zero-order valence-corrected chi connectivity index (χ0v) is 19.6. The number of nitrogens with one attached hydrogen (secondary N) is 3. The maximum Gasteiger partial charge on any atom is 0.407 e. The second-order valence-corrected chi connectivity index (χ2v) is 6.94. The third kappa shape index (κ3) is 11.1. The molecule has 0 radical (unpaired) electrons. The molecular formula is C18H30ClIN4O3. The number of carbonyl (C=O) groups is 1. The molecule has 0 atom stereocenters. The van der Waals surface area contributed by atoms with Crippen LogP contribution in [0, 0.1) is 0 Å². The smallest absolute Gasteiger partial charge is 0.407 e. The molecular weight excluding hydrogens is 483 g/mol. The van der Waals surface area contributed by atoms with Gasteiger partial charge in [-0.3, -0.25) is 0 Å². The van der Waals surface area contributed by atoms with Crippen molar-refractivity contribution in [1.29, 1.82) is 0 Å². The van der Waals surface area contributed by atoms with Gasteiger partial charge in [-0.15, -0.1) is 24.0 Å². The molecule has 7 nitrogen and oxygen atoms in total. The Kier molecular flexibility index (Phi) is 12.2. The average Bonchev–Trinajstić information content (AvgIpc) is 2.55. The van der Waals surface area contributed by atoms with Crippen LogP contribution < -0.4 is 20.7 Å². The van der Waals surface area contributed by atoms with E-state index in [1.54, 1.807) is 19.2 Å². The molecule has 1 rings (SSSR count). The number of nitrogens with zero attached hydrogens (tertiary/aromatic N) is 1. The van der Waals surface area contributed by atoms with E-state index in [-0.39, 0.29) is 24.0 Å². The number of hydrogen-bond donors (Lipinski definition) is 3. The van der Waals surface area contributed by atoms with Crippen molar-refractivity contribution in [3.05, 3.63) is 28.8 Å². The van der Waals surface area contributed by atoms with Crippen molar-refractivity contribution in [3.8, 4) is 5.75 Å². The standard InChI is InChI=1S/C18H29ClN4O3.HI/c1-6-20-16(21-9-10-22-17(24)26-18(2,3)4)23-12-13-7-8-14(19)11-15(13)25-5;/h7-8,11H,6,9-10,12H2,1-5H3,(H,22,24)(H2,20,21,23);1H. The molecule has 0 bridgehead atoms. The molecule has 0 aliphatic carbocycles. The van der Waals surface area contributed by atoms with Crippen LogP contribution in [0.2, 0.25) is 5.02 Å². The Labute approximate surface area is 183 Å². The van der Waals surface area contributed by atoms with Gasteiger partial charge < -0.3 is 25.4 Å². The zero-order valence-electron chi connectivity index (χ0n) is 16.5. The van der Waals surface area contributed by atoms with E-state index in [2.05, 4.69) is 20.9 Å². The minimum absolute atomic E-state index is 0. The largest absolute Gasteiger partial charge is 0.496 e. The Balaban J connectivity index is 0.00000676. The molecule has 0 aliphatic rings. The lowest BCUT2D eigenvalue weighted by atomic mass is 10.2. The molecule has 154 valence electrons. The molecule has 1 aromatic rings. The average molecular weight is 513 g/mol. The highest BCUT2D eigenvalue weighted by molar-refractivity contribution is 14.0. The molecule has 3 N–H and O–H groups in total. The summed E-state index contributed by atoms with van der Waals surface area (Å²) < 4.78 is 10.5. The van der Waals surface area contributed by atoms with Crippen LogP contribution in [0.5, 0.6) is 5.75 Å². The minimum atomic E-state index is -0.508. The summed E-state index contributed by atoms with van der Waals surface area (Å²) in [4.78, 5) is 16.1. The van der Waals surface area contributed by atoms with E-state index in [4.69, 9.17) is 21.1 Å². The summed E-state index contributed by atoms with van der Waals surface area (Å²) in [7, 11) is 1.60. The second-order valence-electron chi connectivity index (χ2n) is 6.51. The number of aliphatic imine (C=N–C) groups is 1. The van der Waals surface area contributed by atoms with Crippen molar-refractivity contribution in [3.63, 3.8) is 0 Å². The third-order valence-electron chi connectivity index (χ3n) is 3.09. The van der Waals surface area contributed by atoms with Crippen LogP contribution in [0.15, 0.2) is 23.2 Å². The van der Waals surface area contributed by atoms with Crippen molar-refractivity contribution < 1.29 is 14.3 Å². The molecule has 0 spiro atoms. The molecule has 9 heteroatoms. The van der Waals surface area contributed by atoms with Crippen molar-refractivity contribution in [1.82, 2.24) is 16.0 Å². The molecule has 0 aliphatic heterocycles.